The first kappa shape index (κ1) is 12.4. The van der Waals surface area contributed by atoms with Gasteiger partial charge in [0.05, 0.1) is 0 Å². The van der Waals surface area contributed by atoms with Gasteiger partial charge in [-0.3, -0.25) is 14.2 Å². The molecule has 1 amide bonds. The summed E-state index contributed by atoms with van der Waals surface area (Å²) >= 11 is 0. The molecule has 86 valence electrons. The molecule has 1 aliphatic rings. The Bertz CT molecular complexity index is 459. The number of hydrogen-bond acceptors (Lipinski definition) is 3. The molecule has 0 saturated carbocycles. The molecule has 0 saturated heterocycles. The van der Waals surface area contributed by atoms with Crippen LogP contribution in [0.5, 0.6) is 0 Å². The van der Waals surface area contributed by atoms with Gasteiger partial charge in [-0.15, -0.1) is 0 Å². The van der Waals surface area contributed by atoms with Gasteiger partial charge in [0, 0.05) is 18.5 Å². The van der Waals surface area contributed by atoms with Crippen molar-refractivity contribution < 1.29 is 23.9 Å². The van der Waals surface area contributed by atoms with Gasteiger partial charge in [0.2, 0.25) is 5.78 Å². The molecule has 0 bridgehead atoms. The van der Waals surface area contributed by atoms with Gasteiger partial charge in [0.15, 0.2) is 0 Å². The number of aromatic nitrogens is 1. The van der Waals surface area contributed by atoms with Crippen molar-refractivity contribution in [2.75, 3.05) is 0 Å². The number of carbonyl (C=O) groups excluding carboxylic acids is 2. The quantitative estimate of drug-likeness (QED) is 0.373. The van der Waals surface area contributed by atoms with Crippen LogP contribution in [-0.2, 0) is 14.2 Å². The summed E-state index contributed by atoms with van der Waals surface area (Å²) in [5.74, 6) is -1.01. The van der Waals surface area contributed by atoms with E-state index in [0.29, 0.717) is 0 Å². The van der Waals surface area contributed by atoms with Gasteiger partial charge in [-0.2, -0.15) is 0 Å². The lowest BCUT2D eigenvalue weighted by molar-refractivity contribution is -0.133. The number of amides is 1. The van der Waals surface area contributed by atoms with Crippen LogP contribution >= 0.6 is 7.60 Å². The zero-order chi connectivity index (χ0) is 12.2. The second kappa shape index (κ2) is 4.89. The summed E-state index contributed by atoms with van der Waals surface area (Å²) in [5.41, 5.74) is -0.0394. The highest BCUT2D eigenvalue weighted by Crippen LogP contribution is 2.31. The van der Waals surface area contributed by atoms with E-state index in [4.69, 9.17) is 9.79 Å². The van der Waals surface area contributed by atoms with E-state index in [9.17, 15) is 14.2 Å². The molecule has 0 aliphatic carbocycles. The molecule has 1 aromatic heterocycles. The normalized spacial score (nSPS) is 14.4. The van der Waals surface area contributed by atoms with Crippen LogP contribution in [0.2, 0.25) is 0 Å². The van der Waals surface area contributed by atoms with Crippen molar-refractivity contribution in [2.24, 2.45) is 0 Å². The van der Waals surface area contributed by atoms with E-state index in [0.717, 1.165) is 0 Å². The molecule has 7 nitrogen and oxygen atoms in total. The van der Waals surface area contributed by atoms with Crippen LogP contribution in [-0.4, -0.2) is 26.5 Å². The van der Waals surface area contributed by atoms with Gasteiger partial charge in [-0.1, -0.05) is 0 Å². The maximum absolute atomic E-state index is 10.4. The molecule has 2 heterocycles. The first-order chi connectivity index (χ1) is 7.41. The Balaban J connectivity index is 0.000000165. The van der Waals surface area contributed by atoms with Crippen molar-refractivity contribution in [3.8, 4) is 0 Å². The maximum Gasteiger partial charge on any atom is 0.372 e. The highest BCUT2D eigenvalue weighted by atomic mass is 31.2. The van der Waals surface area contributed by atoms with Crippen LogP contribution in [0.25, 0.3) is 0 Å². The van der Waals surface area contributed by atoms with Crippen molar-refractivity contribution >= 4 is 24.7 Å². The van der Waals surface area contributed by atoms with Crippen LogP contribution in [0, 0.1) is 0 Å². The summed E-state index contributed by atoms with van der Waals surface area (Å²) in [6.45, 7) is 0. The van der Waals surface area contributed by atoms with Crippen molar-refractivity contribution in [1.29, 1.82) is 0 Å². The van der Waals surface area contributed by atoms with E-state index in [1.807, 2.05) is 0 Å². The second-order valence-electron chi connectivity index (χ2n) is 2.77. The third-order valence-electron chi connectivity index (χ3n) is 1.57. The summed E-state index contributed by atoms with van der Waals surface area (Å²) in [5, 5.41) is 2.20. The van der Waals surface area contributed by atoms with Crippen molar-refractivity contribution in [2.45, 2.75) is 0 Å². The van der Waals surface area contributed by atoms with E-state index >= 15 is 0 Å². The minimum Gasteiger partial charge on any atom is -0.355 e. The third-order valence-corrected chi connectivity index (χ3v) is 2.47. The Morgan fingerprint density at radius 3 is 2.12 bits per heavy atom. The first-order valence-electron chi connectivity index (χ1n) is 4.12. The highest BCUT2D eigenvalue weighted by Gasteiger charge is 2.16. The lowest BCUT2D eigenvalue weighted by Gasteiger charge is -1.96. The smallest absolute Gasteiger partial charge is 0.355 e. The fraction of sp³-hybridized carbons (Fsp3) is 0. The number of H-pyrrole nitrogens is 1. The maximum atomic E-state index is 10.4. The van der Waals surface area contributed by atoms with E-state index in [1.165, 1.54) is 30.6 Å². The molecule has 0 radical (unpaired) electrons. The molecule has 16 heavy (non-hydrogen) atoms. The predicted molar refractivity (Wildman–Crippen MR) is 54.8 cm³/mol. The Morgan fingerprint density at radius 1 is 1.25 bits per heavy atom. The lowest BCUT2D eigenvalue weighted by Crippen LogP contribution is -2.17. The Morgan fingerprint density at radius 2 is 1.94 bits per heavy atom. The molecular weight excluding hydrogens is 235 g/mol. The Hall–Kier alpha value is -1.69. The summed E-state index contributed by atoms with van der Waals surface area (Å²) in [7, 11) is -4.03. The molecule has 0 fully saturated rings. The van der Waals surface area contributed by atoms with Crippen LogP contribution in [0.15, 0.2) is 30.6 Å². The van der Waals surface area contributed by atoms with Gasteiger partial charge in [0.1, 0.15) is 5.44 Å². The largest absolute Gasteiger partial charge is 0.372 e. The first-order valence-corrected chi connectivity index (χ1v) is 5.73. The average Bonchev–Trinajstić information content (AvgIpc) is 2.78. The number of carbonyl (C=O) groups is 2. The molecule has 0 unspecified atom stereocenters. The summed E-state index contributed by atoms with van der Waals surface area (Å²) in [4.78, 5) is 39.5. The van der Waals surface area contributed by atoms with E-state index in [1.54, 1.807) is 0 Å². The van der Waals surface area contributed by atoms with Crippen LogP contribution in [0.1, 0.15) is 0 Å². The average molecular weight is 244 g/mol. The van der Waals surface area contributed by atoms with E-state index in [2.05, 4.69) is 10.3 Å². The monoisotopic (exact) mass is 244 g/mol. The minimum absolute atomic E-state index is 0.0394. The van der Waals surface area contributed by atoms with Crippen molar-refractivity contribution in [3.05, 3.63) is 30.6 Å². The fourth-order valence-electron chi connectivity index (χ4n) is 0.842. The third kappa shape index (κ3) is 3.47. The minimum atomic E-state index is -4.03. The fourth-order valence-corrected chi connectivity index (χ4v) is 1.36. The molecule has 1 aromatic rings. The number of ketones is 1. The number of rotatable bonds is 1. The highest BCUT2D eigenvalue weighted by molar-refractivity contribution is 7.60. The van der Waals surface area contributed by atoms with Gasteiger partial charge in [-0.05, 0) is 12.1 Å². The summed E-state index contributed by atoms with van der Waals surface area (Å²) < 4.78 is 10.4. The van der Waals surface area contributed by atoms with Crippen LogP contribution in [0.4, 0.5) is 0 Å². The standard InChI is InChI=1S/C4H6NO3P.C4H3NO2/c6-9(7,8)4-2-1-3-5-4;6-3-1-2-5-4(3)7/h1-3,5H,(H2,6,7,8);1-2H,(H,5,6,7). The van der Waals surface area contributed by atoms with E-state index in [-0.39, 0.29) is 5.44 Å². The molecule has 4 N–H and O–H groups in total. The van der Waals surface area contributed by atoms with Gasteiger partial charge in [0.25, 0.3) is 5.91 Å². The molecule has 0 spiro atoms. The molecule has 0 aromatic carbocycles. The molecule has 0 atom stereocenters. The summed E-state index contributed by atoms with van der Waals surface area (Å²) in [6, 6.07) is 2.88. The Labute approximate surface area is 90.3 Å². The predicted octanol–water partition coefficient (Wildman–Crippen LogP) is -0.983. The topological polar surface area (TPSA) is 119 Å². The van der Waals surface area contributed by atoms with Crippen LogP contribution < -0.4 is 10.8 Å². The molecule has 2 rings (SSSR count). The number of aromatic amines is 1. The summed E-state index contributed by atoms with van der Waals surface area (Å²) in [6.07, 6.45) is 3.99. The zero-order valence-electron chi connectivity index (χ0n) is 7.95. The zero-order valence-corrected chi connectivity index (χ0v) is 8.85. The van der Waals surface area contributed by atoms with E-state index < -0.39 is 19.3 Å². The van der Waals surface area contributed by atoms with Gasteiger partial charge >= 0.3 is 7.60 Å². The lowest BCUT2D eigenvalue weighted by atomic mass is 10.4. The Kier molecular flexibility index (Phi) is 3.78. The number of hydrogen-bond donors (Lipinski definition) is 4. The van der Waals surface area contributed by atoms with Gasteiger partial charge < -0.3 is 20.1 Å². The second-order valence-corrected chi connectivity index (χ2v) is 4.34. The van der Waals surface area contributed by atoms with Gasteiger partial charge in [-0.25, -0.2) is 0 Å². The van der Waals surface area contributed by atoms with Crippen molar-refractivity contribution in [3.63, 3.8) is 0 Å². The van der Waals surface area contributed by atoms with Crippen LogP contribution in [0.3, 0.4) is 0 Å². The molecule has 8 heteroatoms. The molecular formula is C8H9N2O5P. The number of nitrogens with one attached hydrogen (secondary N) is 2. The molecule has 1 aliphatic heterocycles. The van der Waals surface area contributed by atoms with Crippen molar-refractivity contribution in [1.82, 2.24) is 10.3 Å². The SMILES string of the molecule is O=C1C=CNC1=O.O=P(O)(O)c1ccc[nH]1.